The molecular formula is C17H27N3O3. The van der Waals surface area contributed by atoms with Gasteiger partial charge >= 0.3 is 6.03 Å². The number of carbonyl (C=O) groups excluding carboxylic acids is 1. The number of urea groups is 1. The predicted molar refractivity (Wildman–Crippen MR) is 87.1 cm³/mol. The van der Waals surface area contributed by atoms with Crippen LogP contribution in [0.15, 0.2) is 22.8 Å². The van der Waals surface area contributed by atoms with Crippen LogP contribution in [0.4, 0.5) is 4.79 Å². The van der Waals surface area contributed by atoms with E-state index in [4.69, 9.17) is 9.15 Å². The summed E-state index contributed by atoms with van der Waals surface area (Å²) in [7, 11) is 0. The summed E-state index contributed by atoms with van der Waals surface area (Å²) in [5, 5.41) is 3.00. The van der Waals surface area contributed by atoms with E-state index < -0.39 is 0 Å². The van der Waals surface area contributed by atoms with Crippen molar-refractivity contribution in [1.29, 1.82) is 0 Å². The summed E-state index contributed by atoms with van der Waals surface area (Å²) in [4.78, 5) is 16.7. The first-order chi connectivity index (χ1) is 11.1. The van der Waals surface area contributed by atoms with Crippen LogP contribution in [-0.2, 0) is 11.3 Å². The number of rotatable bonds is 3. The Balaban J connectivity index is 1.62. The second-order valence-corrected chi connectivity index (χ2v) is 7.12. The van der Waals surface area contributed by atoms with Gasteiger partial charge in [-0.15, -0.1) is 0 Å². The first-order valence-corrected chi connectivity index (χ1v) is 8.44. The van der Waals surface area contributed by atoms with E-state index in [1.54, 1.807) is 6.26 Å². The quantitative estimate of drug-likeness (QED) is 0.924. The topological polar surface area (TPSA) is 58.0 Å². The third-order valence-electron chi connectivity index (χ3n) is 4.62. The van der Waals surface area contributed by atoms with Gasteiger partial charge in [0.25, 0.3) is 0 Å². The van der Waals surface area contributed by atoms with Crippen LogP contribution in [-0.4, -0.2) is 61.3 Å². The lowest BCUT2D eigenvalue weighted by Crippen LogP contribution is -2.48. The van der Waals surface area contributed by atoms with Gasteiger partial charge in [-0.2, -0.15) is 0 Å². The van der Waals surface area contributed by atoms with Crippen LogP contribution in [0.3, 0.4) is 0 Å². The van der Waals surface area contributed by atoms with Crippen LogP contribution >= 0.6 is 0 Å². The predicted octanol–water partition coefficient (Wildman–Crippen LogP) is 1.92. The van der Waals surface area contributed by atoms with Gasteiger partial charge < -0.3 is 19.4 Å². The number of ether oxygens (including phenoxy) is 1. The third-order valence-corrected chi connectivity index (χ3v) is 4.62. The van der Waals surface area contributed by atoms with Gasteiger partial charge in [0.1, 0.15) is 5.76 Å². The Morgan fingerprint density at radius 2 is 2.26 bits per heavy atom. The van der Waals surface area contributed by atoms with Crippen molar-refractivity contribution < 1.29 is 13.9 Å². The lowest BCUT2D eigenvalue weighted by atomic mass is 9.87. The van der Waals surface area contributed by atoms with E-state index in [9.17, 15) is 4.79 Å². The first-order valence-electron chi connectivity index (χ1n) is 8.44. The van der Waals surface area contributed by atoms with Crippen LogP contribution in [0.25, 0.3) is 0 Å². The molecule has 2 aliphatic heterocycles. The Morgan fingerprint density at radius 3 is 3.00 bits per heavy atom. The molecule has 128 valence electrons. The standard InChI is InChI=1S/C17H27N3O3/c1-14(2)18-16(21)20-7-9-22-13-17(12-20)5-6-19(11-17)10-15-4-3-8-23-15/h3-4,8,14H,5-7,9-13H2,1-2H3,(H,18,21)/t17-/m0/s1. The molecule has 0 aromatic carbocycles. The second kappa shape index (κ2) is 6.93. The second-order valence-electron chi connectivity index (χ2n) is 7.12. The van der Waals surface area contributed by atoms with Crippen LogP contribution in [0.1, 0.15) is 26.0 Å². The van der Waals surface area contributed by atoms with Gasteiger partial charge in [-0.1, -0.05) is 0 Å². The first kappa shape index (κ1) is 16.3. The highest BCUT2D eigenvalue weighted by Gasteiger charge is 2.42. The van der Waals surface area contributed by atoms with Crippen molar-refractivity contribution in [3.05, 3.63) is 24.2 Å². The maximum atomic E-state index is 12.4. The maximum Gasteiger partial charge on any atom is 0.317 e. The third kappa shape index (κ3) is 4.06. The van der Waals surface area contributed by atoms with Crippen LogP contribution < -0.4 is 5.32 Å². The number of nitrogens with one attached hydrogen (secondary N) is 1. The van der Waals surface area contributed by atoms with Gasteiger partial charge in [0, 0.05) is 31.1 Å². The Hall–Kier alpha value is -1.53. The zero-order valence-electron chi connectivity index (χ0n) is 14.1. The van der Waals surface area contributed by atoms with Gasteiger partial charge in [0.05, 0.1) is 26.0 Å². The average molecular weight is 321 g/mol. The maximum absolute atomic E-state index is 12.4. The molecule has 2 amide bonds. The summed E-state index contributed by atoms with van der Waals surface area (Å²) >= 11 is 0. The van der Waals surface area contributed by atoms with E-state index in [1.807, 2.05) is 30.9 Å². The van der Waals surface area contributed by atoms with Gasteiger partial charge in [-0.05, 0) is 38.9 Å². The van der Waals surface area contributed by atoms with Gasteiger partial charge in [0.2, 0.25) is 0 Å². The number of likely N-dealkylation sites (tertiary alicyclic amines) is 1. The molecular weight excluding hydrogens is 294 g/mol. The molecule has 1 atom stereocenters. The van der Waals surface area contributed by atoms with E-state index in [0.717, 1.165) is 45.0 Å². The zero-order valence-corrected chi connectivity index (χ0v) is 14.1. The molecule has 1 spiro atoms. The van der Waals surface area contributed by atoms with Crippen LogP contribution in [0, 0.1) is 5.41 Å². The molecule has 1 aromatic rings. The summed E-state index contributed by atoms with van der Waals surface area (Å²) in [6.45, 7) is 9.54. The number of nitrogens with zero attached hydrogens (tertiary/aromatic N) is 2. The molecule has 2 saturated heterocycles. The van der Waals surface area contributed by atoms with E-state index >= 15 is 0 Å². The minimum atomic E-state index is 0.0226. The van der Waals surface area contributed by atoms with Crippen LogP contribution in [0.5, 0.6) is 0 Å². The molecule has 0 unspecified atom stereocenters. The van der Waals surface area contributed by atoms with Gasteiger partial charge in [-0.3, -0.25) is 4.90 Å². The Kier molecular flexibility index (Phi) is 4.92. The van der Waals surface area contributed by atoms with Crippen molar-refractivity contribution in [3.8, 4) is 0 Å². The molecule has 2 fully saturated rings. The van der Waals surface area contributed by atoms with E-state index in [0.29, 0.717) is 13.2 Å². The van der Waals surface area contributed by atoms with Crippen molar-refractivity contribution in [2.45, 2.75) is 32.9 Å². The molecule has 3 rings (SSSR count). The highest BCUT2D eigenvalue weighted by atomic mass is 16.5. The largest absolute Gasteiger partial charge is 0.468 e. The van der Waals surface area contributed by atoms with Gasteiger partial charge in [0.15, 0.2) is 0 Å². The van der Waals surface area contributed by atoms with E-state index in [1.165, 1.54) is 0 Å². The molecule has 3 heterocycles. The number of carbonyl (C=O) groups is 1. The summed E-state index contributed by atoms with van der Waals surface area (Å²) in [6.07, 6.45) is 2.77. The minimum Gasteiger partial charge on any atom is -0.468 e. The minimum absolute atomic E-state index is 0.0226. The average Bonchev–Trinajstić information content (AvgIpc) is 3.07. The molecule has 6 nitrogen and oxygen atoms in total. The molecule has 2 aliphatic rings. The Morgan fingerprint density at radius 1 is 1.39 bits per heavy atom. The molecule has 1 N–H and O–H groups in total. The fraction of sp³-hybridized carbons (Fsp3) is 0.706. The summed E-state index contributed by atoms with van der Waals surface area (Å²) < 4.78 is 11.3. The Bertz CT molecular complexity index is 517. The normalized spacial score (nSPS) is 26.0. The summed E-state index contributed by atoms with van der Waals surface area (Å²) in [5.74, 6) is 0.992. The molecule has 0 radical (unpaired) electrons. The monoisotopic (exact) mass is 321 g/mol. The molecule has 0 saturated carbocycles. The number of hydrogen-bond acceptors (Lipinski definition) is 4. The summed E-state index contributed by atoms with van der Waals surface area (Å²) in [5.41, 5.74) is 0.0391. The molecule has 6 heteroatoms. The number of amides is 2. The molecule has 1 aromatic heterocycles. The fourth-order valence-corrected chi connectivity index (χ4v) is 3.54. The Labute approximate surface area is 137 Å². The van der Waals surface area contributed by atoms with Crippen molar-refractivity contribution in [3.63, 3.8) is 0 Å². The molecule has 23 heavy (non-hydrogen) atoms. The van der Waals surface area contributed by atoms with Gasteiger partial charge in [-0.25, -0.2) is 4.79 Å². The van der Waals surface area contributed by atoms with Crippen molar-refractivity contribution in [1.82, 2.24) is 15.1 Å². The number of furan rings is 1. The zero-order chi connectivity index (χ0) is 16.3. The number of hydrogen-bond donors (Lipinski definition) is 1. The lowest BCUT2D eigenvalue weighted by molar-refractivity contribution is 0.0709. The highest BCUT2D eigenvalue weighted by molar-refractivity contribution is 5.74. The fourth-order valence-electron chi connectivity index (χ4n) is 3.54. The summed E-state index contributed by atoms with van der Waals surface area (Å²) in [6, 6.07) is 4.11. The SMILES string of the molecule is CC(C)NC(=O)N1CCOC[C@]2(CCN(Cc3ccco3)C2)C1. The van der Waals surface area contributed by atoms with Crippen molar-refractivity contribution >= 4 is 6.03 Å². The van der Waals surface area contributed by atoms with Crippen molar-refractivity contribution in [2.24, 2.45) is 5.41 Å². The van der Waals surface area contributed by atoms with E-state index in [2.05, 4.69) is 10.2 Å². The molecule has 0 bridgehead atoms. The highest BCUT2D eigenvalue weighted by Crippen LogP contribution is 2.34. The smallest absolute Gasteiger partial charge is 0.317 e. The van der Waals surface area contributed by atoms with E-state index in [-0.39, 0.29) is 17.5 Å². The molecule has 0 aliphatic carbocycles. The lowest BCUT2D eigenvalue weighted by Gasteiger charge is -2.32. The van der Waals surface area contributed by atoms with Crippen molar-refractivity contribution in [2.75, 3.05) is 39.4 Å². The van der Waals surface area contributed by atoms with Crippen LogP contribution in [0.2, 0.25) is 0 Å².